The maximum absolute atomic E-state index is 11.2. The zero-order valence-corrected chi connectivity index (χ0v) is 12.0. The van der Waals surface area contributed by atoms with Crippen LogP contribution in [0.5, 0.6) is 5.88 Å². The number of rotatable bonds is 5. The van der Waals surface area contributed by atoms with Crippen molar-refractivity contribution in [3.63, 3.8) is 0 Å². The first kappa shape index (κ1) is 14.1. The molecule has 1 N–H and O–H groups in total. The highest BCUT2D eigenvalue weighted by molar-refractivity contribution is 7.15. The van der Waals surface area contributed by atoms with Crippen molar-refractivity contribution in [2.75, 3.05) is 11.9 Å². The standard InChI is InChI=1S/C11H13N5O3S/c1-4-19-10-8(16(17)18)9(12-5-13-10)15-11-14-6(2)7(3)20-11/h5H,4H2,1-3H3,(H,12,13,14,15). The van der Waals surface area contributed by atoms with Crippen LogP contribution in [0.2, 0.25) is 0 Å². The fraction of sp³-hybridized carbons (Fsp3) is 0.364. The van der Waals surface area contributed by atoms with E-state index in [0.29, 0.717) is 5.13 Å². The molecule has 0 bridgehead atoms. The Morgan fingerprint density at radius 3 is 2.75 bits per heavy atom. The van der Waals surface area contributed by atoms with Crippen LogP contribution in [0.3, 0.4) is 0 Å². The van der Waals surface area contributed by atoms with Gasteiger partial charge in [-0.1, -0.05) is 0 Å². The number of nitro groups is 1. The van der Waals surface area contributed by atoms with Crippen LogP contribution >= 0.6 is 11.3 Å². The Morgan fingerprint density at radius 1 is 1.45 bits per heavy atom. The number of anilines is 2. The summed E-state index contributed by atoms with van der Waals surface area (Å²) in [4.78, 5) is 23.6. The van der Waals surface area contributed by atoms with Gasteiger partial charge in [0, 0.05) is 4.88 Å². The number of nitrogens with one attached hydrogen (secondary N) is 1. The Morgan fingerprint density at radius 2 is 2.20 bits per heavy atom. The lowest BCUT2D eigenvalue weighted by molar-refractivity contribution is -0.385. The first-order valence-corrected chi connectivity index (χ1v) is 6.67. The molecule has 9 heteroatoms. The Hall–Kier alpha value is -2.29. The summed E-state index contributed by atoms with van der Waals surface area (Å²) in [6.45, 7) is 5.81. The first-order valence-electron chi connectivity index (χ1n) is 5.86. The second-order valence-electron chi connectivity index (χ2n) is 3.85. The molecule has 0 amide bonds. The summed E-state index contributed by atoms with van der Waals surface area (Å²) < 4.78 is 5.16. The third kappa shape index (κ3) is 2.82. The van der Waals surface area contributed by atoms with E-state index in [1.54, 1.807) is 6.92 Å². The molecule has 0 fully saturated rings. The fourth-order valence-electron chi connectivity index (χ4n) is 1.49. The smallest absolute Gasteiger partial charge is 0.373 e. The molecule has 0 aliphatic heterocycles. The average Bonchev–Trinajstić information content (AvgIpc) is 2.68. The lowest BCUT2D eigenvalue weighted by Gasteiger charge is -2.06. The third-order valence-electron chi connectivity index (χ3n) is 2.51. The minimum atomic E-state index is -0.569. The van der Waals surface area contributed by atoms with Crippen LogP contribution < -0.4 is 10.1 Å². The van der Waals surface area contributed by atoms with Gasteiger partial charge in [-0.05, 0) is 20.8 Å². The monoisotopic (exact) mass is 295 g/mol. The number of hydrogen-bond donors (Lipinski definition) is 1. The van der Waals surface area contributed by atoms with Gasteiger partial charge in [-0.2, -0.15) is 4.98 Å². The van der Waals surface area contributed by atoms with Gasteiger partial charge >= 0.3 is 5.69 Å². The molecule has 2 aromatic rings. The van der Waals surface area contributed by atoms with Gasteiger partial charge in [-0.25, -0.2) is 9.97 Å². The number of thiazole rings is 1. The summed E-state index contributed by atoms with van der Waals surface area (Å²) in [6.07, 6.45) is 1.22. The molecule has 2 heterocycles. The van der Waals surface area contributed by atoms with Crippen LogP contribution in [-0.2, 0) is 0 Å². The van der Waals surface area contributed by atoms with E-state index in [2.05, 4.69) is 20.3 Å². The zero-order valence-electron chi connectivity index (χ0n) is 11.2. The normalized spacial score (nSPS) is 10.3. The predicted molar refractivity (Wildman–Crippen MR) is 74.7 cm³/mol. The summed E-state index contributed by atoms with van der Waals surface area (Å²) >= 11 is 1.40. The van der Waals surface area contributed by atoms with Crippen LogP contribution in [0.15, 0.2) is 6.33 Å². The molecule has 0 aromatic carbocycles. The summed E-state index contributed by atoms with van der Waals surface area (Å²) in [5, 5.41) is 14.6. The van der Waals surface area contributed by atoms with Crippen LogP contribution in [0.4, 0.5) is 16.6 Å². The van der Waals surface area contributed by atoms with Crippen molar-refractivity contribution in [2.24, 2.45) is 0 Å². The third-order valence-corrected chi connectivity index (χ3v) is 3.49. The number of ether oxygens (including phenoxy) is 1. The molecule has 0 aliphatic rings. The summed E-state index contributed by atoms with van der Waals surface area (Å²) in [5.74, 6) is 0.0159. The van der Waals surface area contributed by atoms with Crippen LogP contribution in [0, 0.1) is 24.0 Å². The van der Waals surface area contributed by atoms with Crippen LogP contribution in [-0.4, -0.2) is 26.5 Å². The Labute approximate surface area is 119 Å². The molecule has 0 aliphatic carbocycles. The molecule has 106 valence electrons. The maximum atomic E-state index is 11.2. The Kier molecular flexibility index (Phi) is 4.08. The summed E-state index contributed by atoms with van der Waals surface area (Å²) in [6, 6.07) is 0. The van der Waals surface area contributed by atoms with E-state index in [0.717, 1.165) is 10.6 Å². The van der Waals surface area contributed by atoms with E-state index in [1.807, 2.05) is 13.8 Å². The van der Waals surface area contributed by atoms with Gasteiger partial charge in [0.05, 0.1) is 17.2 Å². The zero-order chi connectivity index (χ0) is 14.7. The molecule has 2 aromatic heterocycles. The molecular formula is C11H13N5O3S. The number of hydrogen-bond acceptors (Lipinski definition) is 8. The highest BCUT2D eigenvalue weighted by atomic mass is 32.1. The van der Waals surface area contributed by atoms with Gasteiger partial charge in [-0.3, -0.25) is 10.1 Å². The van der Waals surface area contributed by atoms with E-state index < -0.39 is 4.92 Å². The second kappa shape index (κ2) is 5.78. The second-order valence-corrected chi connectivity index (χ2v) is 5.05. The van der Waals surface area contributed by atoms with E-state index >= 15 is 0 Å². The molecule has 20 heavy (non-hydrogen) atoms. The van der Waals surface area contributed by atoms with Gasteiger partial charge < -0.3 is 10.1 Å². The molecule has 2 rings (SSSR count). The SMILES string of the molecule is CCOc1ncnc(Nc2nc(C)c(C)s2)c1[N+](=O)[O-]. The fourth-order valence-corrected chi connectivity index (χ4v) is 2.30. The lowest BCUT2D eigenvalue weighted by atomic mass is 10.4. The molecule has 0 saturated carbocycles. The lowest BCUT2D eigenvalue weighted by Crippen LogP contribution is -2.05. The van der Waals surface area contributed by atoms with Crippen LogP contribution in [0.1, 0.15) is 17.5 Å². The molecule has 0 unspecified atom stereocenters. The molecule has 0 atom stereocenters. The summed E-state index contributed by atoms with van der Waals surface area (Å²) in [5.41, 5.74) is 0.582. The van der Waals surface area contributed by atoms with Gasteiger partial charge in [0.1, 0.15) is 6.33 Å². The maximum Gasteiger partial charge on any atom is 0.373 e. The van der Waals surface area contributed by atoms with Gasteiger partial charge in [-0.15, -0.1) is 11.3 Å². The quantitative estimate of drug-likeness (QED) is 0.667. The Bertz CT molecular complexity index is 623. The van der Waals surface area contributed by atoms with Crippen molar-refractivity contribution < 1.29 is 9.66 Å². The average molecular weight is 295 g/mol. The molecule has 0 saturated heterocycles. The van der Waals surface area contributed by atoms with Crippen molar-refractivity contribution in [2.45, 2.75) is 20.8 Å². The van der Waals surface area contributed by atoms with E-state index in [-0.39, 0.29) is 24.0 Å². The predicted octanol–water partition coefficient (Wildman–Crippen LogP) is 2.60. The highest BCUT2D eigenvalue weighted by Gasteiger charge is 2.25. The van der Waals surface area contributed by atoms with Gasteiger partial charge in [0.15, 0.2) is 5.13 Å². The molecular weight excluding hydrogens is 282 g/mol. The largest absolute Gasteiger partial charge is 0.473 e. The number of aromatic nitrogens is 3. The van der Waals surface area contributed by atoms with Crippen molar-refractivity contribution in [1.82, 2.24) is 15.0 Å². The van der Waals surface area contributed by atoms with E-state index in [9.17, 15) is 10.1 Å². The van der Waals surface area contributed by atoms with E-state index in [4.69, 9.17) is 4.74 Å². The minimum absolute atomic E-state index is 0.0556. The van der Waals surface area contributed by atoms with Crippen molar-refractivity contribution in [1.29, 1.82) is 0 Å². The minimum Gasteiger partial charge on any atom is -0.473 e. The molecule has 8 nitrogen and oxygen atoms in total. The van der Waals surface area contributed by atoms with Crippen molar-refractivity contribution in [3.05, 3.63) is 27.0 Å². The highest BCUT2D eigenvalue weighted by Crippen LogP contribution is 2.34. The Balaban J connectivity index is 2.40. The van der Waals surface area contributed by atoms with Gasteiger partial charge in [0.2, 0.25) is 5.82 Å². The summed E-state index contributed by atoms with van der Waals surface area (Å²) in [7, 11) is 0. The van der Waals surface area contributed by atoms with Crippen molar-refractivity contribution >= 4 is 28.0 Å². The van der Waals surface area contributed by atoms with Crippen molar-refractivity contribution in [3.8, 4) is 5.88 Å². The molecule has 0 radical (unpaired) electrons. The molecule has 0 spiro atoms. The van der Waals surface area contributed by atoms with Crippen LogP contribution in [0.25, 0.3) is 0 Å². The number of aryl methyl sites for hydroxylation is 2. The topological polar surface area (TPSA) is 103 Å². The van der Waals surface area contributed by atoms with E-state index in [1.165, 1.54) is 17.7 Å². The number of nitrogens with zero attached hydrogens (tertiary/aromatic N) is 4. The van der Waals surface area contributed by atoms with Gasteiger partial charge in [0.25, 0.3) is 5.88 Å². The first-order chi connectivity index (χ1) is 9.52.